The molecular formula is C15H11NO3. The molecule has 94 valence electrons. The first-order valence-electron chi connectivity index (χ1n) is 5.84. The molecular weight excluding hydrogens is 242 g/mol. The number of benzene rings is 2. The highest BCUT2D eigenvalue weighted by molar-refractivity contribution is 5.86. The molecule has 4 heteroatoms. The second kappa shape index (κ2) is 4.24. The zero-order valence-corrected chi connectivity index (χ0v) is 10.3. The summed E-state index contributed by atoms with van der Waals surface area (Å²) in [4.78, 5) is 15.2. The van der Waals surface area contributed by atoms with Crippen LogP contribution in [0, 0.1) is 6.92 Å². The SMILES string of the molecule is Cc1cc(C=O)c(O)c(-c2nc3ccccc3o2)c1. The van der Waals surface area contributed by atoms with E-state index < -0.39 is 0 Å². The minimum Gasteiger partial charge on any atom is -0.506 e. The third-order valence-corrected chi connectivity index (χ3v) is 2.93. The van der Waals surface area contributed by atoms with Gasteiger partial charge in [-0.05, 0) is 36.8 Å². The number of para-hydroxylation sites is 2. The Bertz CT molecular complexity index is 741. The van der Waals surface area contributed by atoms with Crippen LogP contribution < -0.4 is 0 Å². The summed E-state index contributed by atoms with van der Waals surface area (Å²) >= 11 is 0. The number of nitrogens with zero attached hydrogens (tertiary/aromatic N) is 1. The molecule has 0 radical (unpaired) electrons. The van der Waals surface area contributed by atoms with Gasteiger partial charge in [-0.1, -0.05) is 12.1 Å². The van der Waals surface area contributed by atoms with Crippen LogP contribution in [0.1, 0.15) is 15.9 Å². The predicted molar refractivity (Wildman–Crippen MR) is 71.2 cm³/mol. The Morgan fingerprint density at radius 2 is 2.05 bits per heavy atom. The molecule has 0 saturated carbocycles. The number of oxazole rings is 1. The zero-order chi connectivity index (χ0) is 13.4. The maximum absolute atomic E-state index is 10.9. The first kappa shape index (κ1) is 11.5. The largest absolute Gasteiger partial charge is 0.506 e. The van der Waals surface area contributed by atoms with Crippen LogP contribution in [-0.4, -0.2) is 16.4 Å². The second-order valence-corrected chi connectivity index (χ2v) is 4.35. The van der Waals surface area contributed by atoms with Gasteiger partial charge in [0, 0.05) is 0 Å². The number of rotatable bonds is 2. The van der Waals surface area contributed by atoms with Crippen LogP contribution in [0.4, 0.5) is 0 Å². The lowest BCUT2D eigenvalue weighted by molar-refractivity contribution is 0.112. The highest BCUT2D eigenvalue weighted by atomic mass is 16.3. The van der Waals surface area contributed by atoms with E-state index in [2.05, 4.69) is 4.98 Å². The molecule has 4 nitrogen and oxygen atoms in total. The number of aldehydes is 1. The van der Waals surface area contributed by atoms with Crippen LogP contribution >= 0.6 is 0 Å². The van der Waals surface area contributed by atoms with Crippen molar-refractivity contribution in [1.82, 2.24) is 4.98 Å². The third-order valence-electron chi connectivity index (χ3n) is 2.93. The number of carbonyl (C=O) groups excluding carboxylic acids is 1. The second-order valence-electron chi connectivity index (χ2n) is 4.35. The number of aryl methyl sites for hydroxylation is 1. The summed E-state index contributed by atoms with van der Waals surface area (Å²) in [6.45, 7) is 1.85. The fourth-order valence-electron chi connectivity index (χ4n) is 2.05. The van der Waals surface area contributed by atoms with Crippen LogP contribution in [0.2, 0.25) is 0 Å². The van der Waals surface area contributed by atoms with Gasteiger partial charge in [0.1, 0.15) is 11.3 Å². The van der Waals surface area contributed by atoms with E-state index in [1.165, 1.54) is 0 Å². The fraction of sp³-hybridized carbons (Fsp3) is 0.0667. The summed E-state index contributed by atoms with van der Waals surface area (Å²) in [6.07, 6.45) is 0.620. The number of phenolic OH excluding ortho intramolecular Hbond substituents is 1. The molecule has 0 aliphatic rings. The lowest BCUT2D eigenvalue weighted by atomic mass is 10.1. The van der Waals surface area contributed by atoms with E-state index in [0.717, 1.165) is 5.56 Å². The minimum absolute atomic E-state index is 0.104. The van der Waals surface area contributed by atoms with E-state index >= 15 is 0 Å². The standard InChI is InChI=1S/C15H11NO3/c1-9-6-10(8-17)14(18)11(7-9)15-16-12-4-2-3-5-13(12)19-15/h2-8,18H,1H3. The van der Waals surface area contributed by atoms with E-state index in [4.69, 9.17) is 4.42 Å². The summed E-state index contributed by atoms with van der Waals surface area (Å²) in [7, 11) is 0. The monoisotopic (exact) mass is 253 g/mol. The normalized spacial score (nSPS) is 10.8. The molecule has 1 heterocycles. The maximum atomic E-state index is 10.9. The van der Waals surface area contributed by atoms with Crippen LogP contribution in [0.3, 0.4) is 0 Å². The van der Waals surface area contributed by atoms with Crippen molar-refractivity contribution in [1.29, 1.82) is 0 Å². The van der Waals surface area contributed by atoms with Gasteiger partial charge in [0.2, 0.25) is 5.89 Å². The maximum Gasteiger partial charge on any atom is 0.231 e. The first-order chi connectivity index (χ1) is 9.19. The van der Waals surface area contributed by atoms with Gasteiger partial charge in [-0.15, -0.1) is 0 Å². The molecule has 1 aromatic heterocycles. The van der Waals surface area contributed by atoms with Gasteiger partial charge in [-0.3, -0.25) is 4.79 Å². The van der Waals surface area contributed by atoms with E-state index in [1.807, 2.05) is 25.1 Å². The number of aromatic hydroxyl groups is 1. The lowest BCUT2D eigenvalue weighted by Gasteiger charge is -2.04. The van der Waals surface area contributed by atoms with Crippen LogP contribution in [-0.2, 0) is 0 Å². The van der Waals surface area contributed by atoms with Crippen molar-refractivity contribution < 1.29 is 14.3 Å². The number of fused-ring (bicyclic) bond motifs is 1. The van der Waals surface area contributed by atoms with Gasteiger partial charge in [0.05, 0.1) is 11.1 Å². The molecule has 0 spiro atoms. The summed E-state index contributed by atoms with van der Waals surface area (Å²) in [5, 5.41) is 10.1. The van der Waals surface area contributed by atoms with Gasteiger partial charge in [-0.25, -0.2) is 4.98 Å². The molecule has 2 aromatic carbocycles. The van der Waals surface area contributed by atoms with E-state index in [1.54, 1.807) is 18.2 Å². The van der Waals surface area contributed by atoms with Crippen LogP contribution in [0.25, 0.3) is 22.6 Å². The molecule has 3 rings (SSSR count). The quantitative estimate of drug-likeness (QED) is 0.711. The fourth-order valence-corrected chi connectivity index (χ4v) is 2.05. The Kier molecular flexibility index (Phi) is 2.56. The van der Waals surface area contributed by atoms with Gasteiger partial charge in [-0.2, -0.15) is 0 Å². The Hall–Kier alpha value is -2.62. The van der Waals surface area contributed by atoms with Crippen molar-refractivity contribution in [2.75, 3.05) is 0 Å². The Balaban J connectivity index is 2.26. The highest BCUT2D eigenvalue weighted by Gasteiger charge is 2.15. The van der Waals surface area contributed by atoms with Crippen molar-refractivity contribution in [2.24, 2.45) is 0 Å². The van der Waals surface area contributed by atoms with Crippen molar-refractivity contribution in [3.8, 4) is 17.2 Å². The van der Waals surface area contributed by atoms with Gasteiger partial charge >= 0.3 is 0 Å². The molecule has 0 fully saturated rings. The minimum atomic E-state index is -0.104. The molecule has 0 aliphatic carbocycles. The predicted octanol–water partition coefficient (Wildman–Crippen LogP) is 3.32. The number of hydrogen-bond acceptors (Lipinski definition) is 4. The number of phenols is 1. The molecule has 0 unspecified atom stereocenters. The lowest BCUT2D eigenvalue weighted by Crippen LogP contribution is -1.88. The van der Waals surface area contributed by atoms with Gasteiger partial charge < -0.3 is 9.52 Å². The number of carbonyl (C=O) groups is 1. The van der Waals surface area contributed by atoms with Crippen molar-refractivity contribution in [2.45, 2.75) is 6.92 Å². The van der Waals surface area contributed by atoms with Gasteiger partial charge in [0.25, 0.3) is 0 Å². The molecule has 1 N–H and O–H groups in total. The van der Waals surface area contributed by atoms with E-state index in [0.29, 0.717) is 28.8 Å². The Labute approximate surface area is 109 Å². The molecule has 0 atom stereocenters. The van der Waals surface area contributed by atoms with Crippen molar-refractivity contribution >= 4 is 17.4 Å². The van der Waals surface area contributed by atoms with Crippen LogP contribution in [0.5, 0.6) is 5.75 Å². The van der Waals surface area contributed by atoms with Gasteiger partial charge in [0.15, 0.2) is 11.9 Å². The zero-order valence-electron chi connectivity index (χ0n) is 10.3. The summed E-state index contributed by atoms with van der Waals surface area (Å²) in [5.41, 5.74) is 2.88. The molecule has 3 aromatic rings. The Morgan fingerprint density at radius 3 is 2.79 bits per heavy atom. The van der Waals surface area contributed by atoms with E-state index in [-0.39, 0.29) is 11.3 Å². The van der Waals surface area contributed by atoms with Crippen molar-refractivity contribution in [3.05, 3.63) is 47.5 Å². The molecule has 0 amide bonds. The smallest absolute Gasteiger partial charge is 0.231 e. The van der Waals surface area contributed by atoms with Crippen molar-refractivity contribution in [3.63, 3.8) is 0 Å². The first-order valence-corrected chi connectivity index (χ1v) is 5.84. The average molecular weight is 253 g/mol. The molecule has 0 saturated heterocycles. The topological polar surface area (TPSA) is 63.3 Å². The number of aromatic nitrogens is 1. The summed E-state index contributed by atoms with van der Waals surface area (Å²) < 4.78 is 5.60. The molecule has 19 heavy (non-hydrogen) atoms. The molecule has 0 bridgehead atoms. The molecule has 0 aliphatic heterocycles. The van der Waals surface area contributed by atoms with Crippen LogP contribution in [0.15, 0.2) is 40.8 Å². The summed E-state index contributed by atoms with van der Waals surface area (Å²) in [6, 6.07) is 10.7. The third kappa shape index (κ3) is 1.87. The highest BCUT2D eigenvalue weighted by Crippen LogP contribution is 2.33. The number of hydrogen-bond donors (Lipinski definition) is 1. The Morgan fingerprint density at radius 1 is 1.26 bits per heavy atom. The summed E-state index contributed by atoms with van der Waals surface area (Å²) in [5.74, 6) is 0.206. The average Bonchev–Trinajstić information content (AvgIpc) is 2.84. The van der Waals surface area contributed by atoms with E-state index in [9.17, 15) is 9.90 Å².